The molecule has 1 aromatic carbocycles. The van der Waals surface area contributed by atoms with E-state index in [1.807, 2.05) is 6.20 Å². The molecule has 2 atom stereocenters. The molecule has 0 unspecified atom stereocenters. The van der Waals surface area contributed by atoms with Crippen molar-refractivity contribution in [1.82, 2.24) is 4.90 Å². The summed E-state index contributed by atoms with van der Waals surface area (Å²) < 4.78 is 16.9. The molecule has 1 aliphatic carbocycles. The Hall–Kier alpha value is -2.66. The quantitative estimate of drug-likeness (QED) is 0.459. The number of benzene rings is 1. The molecule has 0 radical (unpaired) electrons. The van der Waals surface area contributed by atoms with E-state index in [0.29, 0.717) is 24.7 Å². The first-order valence-corrected chi connectivity index (χ1v) is 10.9. The number of fused-ring (bicyclic) bond motifs is 6. The zero-order valence-corrected chi connectivity index (χ0v) is 19.0. The van der Waals surface area contributed by atoms with E-state index in [1.54, 1.807) is 14.2 Å². The van der Waals surface area contributed by atoms with Gasteiger partial charge in [0.05, 0.1) is 13.7 Å². The monoisotopic (exact) mass is 423 g/mol. The Morgan fingerprint density at radius 3 is 2.68 bits per heavy atom. The van der Waals surface area contributed by atoms with Crippen LogP contribution in [0.25, 0.3) is 5.70 Å². The smallest absolute Gasteiger partial charge is 0.161 e. The SMILES string of the molecule is C=C(O)C1=CN2C(=CC1=C)c1cc(OC)c(OCCCOC)cc1[C@H]1CCC(C)(C)[C@H]12. The first-order chi connectivity index (χ1) is 14.8. The fraction of sp³-hybridized carbons (Fsp3) is 0.462. The Kier molecular flexibility index (Phi) is 5.65. The molecule has 1 N–H and O–H groups in total. The lowest BCUT2D eigenvalue weighted by atomic mass is 9.75. The average molecular weight is 424 g/mol. The number of allylic oxidation sites excluding steroid dienone is 2. The van der Waals surface area contributed by atoms with Crippen molar-refractivity contribution in [3.05, 3.63) is 65.6 Å². The van der Waals surface area contributed by atoms with Crippen molar-refractivity contribution in [1.29, 1.82) is 0 Å². The zero-order valence-electron chi connectivity index (χ0n) is 19.0. The summed E-state index contributed by atoms with van der Waals surface area (Å²) in [6, 6.07) is 4.54. The molecule has 5 heteroatoms. The first-order valence-electron chi connectivity index (χ1n) is 10.9. The minimum absolute atomic E-state index is 0.0517. The van der Waals surface area contributed by atoms with Gasteiger partial charge in [-0.25, -0.2) is 0 Å². The summed E-state index contributed by atoms with van der Waals surface area (Å²) in [6.07, 6.45) is 7.14. The summed E-state index contributed by atoms with van der Waals surface area (Å²) in [4.78, 5) is 2.32. The molecule has 4 rings (SSSR count). The van der Waals surface area contributed by atoms with Gasteiger partial charge in [0.15, 0.2) is 11.5 Å². The molecule has 0 spiro atoms. The molecule has 31 heavy (non-hydrogen) atoms. The molecule has 0 amide bonds. The van der Waals surface area contributed by atoms with Gasteiger partial charge in [0.25, 0.3) is 0 Å². The molecule has 0 aromatic heterocycles. The zero-order chi connectivity index (χ0) is 22.3. The van der Waals surface area contributed by atoms with E-state index in [1.165, 1.54) is 5.56 Å². The third kappa shape index (κ3) is 3.65. The van der Waals surface area contributed by atoms with E-state index in [-0.39, 0.29) is 17.2 Å². The Bertz CT molecular complexity index is 972. The third-order valence-corrected chi connectivity index (χ3v) is 6.86. The van der Waals surface area contributed by atoms with E-state index in [9.17, 15) is 5.11 Å². The molecular weight excluding hydrogens is 390 g/mol. The summed E-state index contributed by atoms with van der Waals surface area (Å²) >= 11 is 0. The predicted octanol–water partition coefficient (Wildman–Crippen LogP) is 5.56. The Morgan fingerprint density at radius 2 is 2.00 bits per heavy atom. The third-order valence-electron chi connectivity index (χ3n) is 6.86. The second-order valence-electron chi connectivity index (χ2n) is 9.32. The highest BCUT2D eigenvalue weighted by Gasteiger charge is 2.50. The highest BCUT2D eigenvalue weighted by molar-refractivity contribution is 5.79. The molecule has 2 aliphatic heterocycles. The maximum absolute atomic E-state index is 10.1. The van der Waals surface area contributed by atoms with Crippen LogP contribution in [0.2, 0.25) is 0 Å². The number of nitrogens with zero attached hydrogens (tertiary/aromatic N) is 1. The number of hydrogen-bond donors (Lipinski definition) is 1. The van der Waals surface area contributed by atoms with Crippen LogP contribution in [0.15, 0.2) is 54.5 Å². The van der Waals surface area contributed by atoms with Crippen LogP contribution in [-0.2, 0) is 4.74 Å². The van der Waals surface area contributed by atoms with Gasteiger partial charge in [-0.3, -0.25) is 0 Å². The molecule has 2 heterocycles. The van der Waals surface area contributed by atoms with Crippen molar-refractivity contribution in [2.75, 3.05) is 27.4 Å². The molecule has 1 aromatic rings. The fourth-order valence-electron chi connectivity index (χ4n) is 5.35. The Balaban J connectivity index is 1.82. The first kappa shape index (κ1) is 21.6. The molecule has 166 valence electrons. The van der Waals surface area contributed by atoms with Crippen molar-refractivity contribution < 1.29 is 19.3 Å². The van der Waals surface area contributed by atoms with Gasteiger partial charge in [-0.15, -0.1) is 0 Å². The second kappa shape index (κ2) is 8.12. The van der Waals surface area contributed by atoms with E-state index in [0.717, 1.165) is 47.6 Å². The highest BCUT2D eigenvalue weighted by Crippen LogP contribution is 2.57. The molecule has 1 fully saturated rings. The van der Waals surface area contributed by atoms with Gasteiger partial charge in [0.1, 0.15) is 5.76 Å². The standard InChI is InChI=1S/C26H33NO4/c1-16-12-22-20-14-23(30-6)24(31-11-7-10-29-5)13-19(20)18-8-9-26(3,4)25(18)27(22)15-21(16)17(2)28/h12-15,18,25,28H,1-2,7-11H2,3-6H3/t18-,25+/m1/s1. The van der Waals surface area contributed by atoms with Crippen molar-refractivity contribution >= 4 is 5.70 Å². The van der Waals surface area contributed by atoms with E-state index in [2.05, 4.69) is 50.1 Å². The number of aliphatic hydroxyl groups excluding tert-OH is 1. The van der Waals surface area contributed by atoms with Gasteiger partial charge in [0, 0.05) is 55.1 Å². The summed E-state index contributed by atoms with van der Waals surface area (Å²) in [6.45, 7) is 13.8. The van der Waals surface area contributed by atoms with Gasteiger partial charge in [-0.05, 0) is 47.6 Å². The van der Waals surface area contributed by atoms with Crippen LogP contribution in [0.4, 0.5) is 0 Å². The number of methoxy groups -OCH3 is 2. The van der Waals surface area contributed by atoms with Gasteiger partial charge in [0.2, 0.25) is 0 Å². The van der Waals surface area contributed by atoms with Crippen LogP contribution in [0.3, 0.4) is 0 Å². The van der Waals surface area contributed by atoms with Gasteiger partial charge >= 0.3 is 0 Å². The van der Waals surface area contributed by atoms with Crippen molar-refractivity contribution in [3.8, 4) is 11.5 Å². The average Bonchev–Trinajstić information content (AvgIpc) is 3.05. The molecule has 0 bridgehead atoms. The minimum Gasteiger partial charge on any atom is -0.508 e. The van der Waals surface area contributed by atoms with Crippen molar-refractivity contribution in [3.63, 3.8) is 0 Å². The molecule has 3 aliphatic rings. The van der Waals surface area contributed by atoms with E-state index < -0.39 is 0 Å². The topological polar surface area (TPSA) is 51.2 Å². The lowest BCUT2D eigenvalue weighted by Crippen LogP contribution is -2.45. The number of rotatable bonds is 7. The second-order valence-corrected chi connectivity index (χ2v) is 9.32. The molecule has 1 saturated carbocycles. The number of ether oxygens (including phenoxy) is 3. The number of aliphatic hydroxyl groups is 1. The van der Waals surface area contributed by atoms with Gasteiger partial charge in [-0.1, -0.05) is 27.0 Å². The lowest BCUT2D eigenvalue weighted by Gasteiger charge is -2.47. The minimum atomic E-state index is 0.0517. The van der Waals surface area contributed by atoms with Crippen LogP contribution < -0.4 is 9.47 Å². The maximum atomic E-state index is 10.1. The fourth-order valence-corrected chi connectivity index (χ4v) is 5.35. The maximum Gasteiger partial charge on any atom is 0.161 e. The van der Waals surface area contributed by atoms with Crippen LogP contribution in [0.1, 0.15) is 50.2 Å². The normalized spacial score (nSPS) is 23.4. The largest absolute Gasteiger partial charge is 0.508 e. The van der Waals surface area contributed by atoms with E-state index >= 15 is 0 Å². The lowest BCUT2D eigenvalue weighted by molar-refractivity contribution is 0.170. The Labute approximate surface area is 185 Å². The number of hydrogen-bond acceptors (Lipinski definition) is 5. The van der Waals surface area contributed by atoms with Crippen LogP contribution in [0, 0.1) is 5.41 Å². The summed E-state index contributed by atoms with van der Waals surface area (Å²) in [5, 5.41) is 10.1. The molecular formula is C26H33NO4. The van der Waals surface area contributed by atoms with E-state index in [4.69, 9.17) is 14.2 Å². The summed E-state index contributed by atoms with van der Waals surface area (Å²) in [7, 11) is 3.37. The summed E-state index contributed by atoms with van der Waals surface area (Å²) in [5.74, 6) is 1.92. The van der Waals surface area contributed by atoms with Crippen molar-refractivity contribution in [2.45, 2.75) is 45.1 Å². The van der Waals surface area contributed by atoms with Crippen molar-refractivity contribution in [2.24, 2.45) is 5.41 Å². The summed E-state index contributed by atoms with van der Waals surface area (Å²) in [5.41, 5.74) is 5.10. The Morgan fingerprint density at radius 1 is 1.23 bits per heavy atom. The predicted molar refractivity (Wildman–Crippen MR) is 123 cm³/mol. The van der Waals surface area contributed by atoms with Gasteiger partial charge < -0.3 is 24.2 Å². The van der Waals surface area contributed by atoms with Crippen LogP contribution >= 0.6 is 0 Å². The molecule has 0 saturated heterocycles. The molecule has 5 nitrogen and oxygen atoms in total. The van der Waals surface area contributed by atoms with Gasteiger partial charge in [-0.2, -0.15) is 0 Å². The van der Waals surface area contributed by atoms with Crippen LogP contribution in [-0.4, -0.2) is 43.5 Å². The highest BCUT2D eigenvalue weighted by atomic mass is 16.5. The van der Waals surface area contributed by atoms with Crippen LogP contribution in [0.5, 0.6) is 11.5 Å².